The van der Waals surface area contributed by atoms with Crippen molar-refractivity contribution in [2.45, 2.75) is 60.3 Å². The summed E-state index contributed by atoms with van der Waals surface area (Å²) in [4.78, 5) is 0. The van der Waals surface area contributed by atoms with Crippen LogP contribution in [0.3, 0.4) is 0 Å². The molecule has 1 unspecified atom stereocenters. The summed E-state index contributed by atoms with van der Waals surface area (Å²) in [6, 6.07) is 0. The molecule has 0 bridgehead atoms. The fourth-order valence-electron chi connectivity index (χ4n) is 1.47. The molecule has 1 atom stereocenters. The van der Waals surface area contributed by atoms with Gasteiger partial charge in [-0.1, -0.05) is 53.9 Å². The van der Waals surface area contributed by atoms with Gasteiger partial charge >= 0.3 is 0 Å². The van der Waals surface area contributed by atoms with Gasteiger partial charge in [0.25, 0.3) is 0 Å². The topological polar surface area (TPSA) is 0 Å². The Hall–Kier alpha value is 0. The zero-order valence-corrected chi connectivity index (χ0v) is 9.48. The van der Waals surface area contributed by atoms with E-state index in [2.05, 4.69) is 34.6 Å². The molecule has 0 N–H and O–H groups in total. The lowest BCUT2D eigenvalue weighted by atomic mass is 9.88. The van der Waals surface area contributed by atoms with E-state index in [4.69, 9.17) is 0 Å². The van der Waals surface area contributed by atoms with E-state index in [1.165, 1.54) is 25.7 Å². The molecule has 0 heteroatoms. The predicted octanol–water partition coefficient (Wildman–Crippen LogP) is 4.45. The van der Waals surface area contributed by atoms with Crippen molar-refractivity contribution < 1.29 is 0 Å². The van der Waals surface area contributed by atoms with Crippen LogP contribution in [-0.4, -0.2) is 0 Å². The summed E-state index contributed by atoms with van der Waals surface area (Å²) < 4.78 is 0. The summed E-state index contributed by atoms with van der Waals surface area (Å²) in [5.41, 5.74) is 0. The Bertz CT molecular complexity index is 88.2. The molecule has 0 aliphatic rings. The summed E-state index contributed by atoms with van der Waals surface area (Å²) in [5, 5.41) is 0. The number of hydrogen-bond acceptors (Lipinski definition) is 0. The fourth-order valence-corrected chi connectivity index (χ4v) is 1.47. The molecule has 73 valence electrons. The molecule has 12 heavy (non-hydrogen) atoms. The van der Waals surface area contributed by atoms with E-state index in [0.717, 1.165) is 11.8 Å². The molecular formula is C12H25. The average Bonchev–Trinajstić information content (AvgIpc) is 2.05. The fraction of sp³-hybridized carbons (Fsp3) is 0.917. The van der Waals surface area contributed by atoms with E-state index >= 15 is 0 Å². The van der Waals surface area contributed by atoms with Gasteiger partial charge in [0.1, 0.15) is 0 Å². The highest BCUT2D eigenvalue weighted by Crippen LogP contribution is 2.23. The van der Waals surface area contributed by atoms with Gasteiger partial charge in [-0.2, -0.15) is 0 Å². The summed E-state index contributed by atoms with van der Waals surface area (Å²) in [7, 11) is 0. The van der Waals surface area contributed by atoms with Crippen molar-refractivity contribution in [3.63, 3.8) is 0 Å². The van der Waals surface area contributed by atoms with Crippen LogP contribution >= 0.6 is 0 Å². The van der Waals surface area contributed by atoms with E-state index in [0.29, 0.717) is 0 Å². The van der Waals surface area contributed by atoms with Crippen molar-refractivity contribution in [1.29, 1.82) is 0 Å². The summed E-state index contributed by atoms with van der Waals surface area (Å²) in [5.74, 6) is 3.37. The minimum atomic E-state index is 0.825. The Kier molecular flexibility index (Phi) is 6.51. The van der Waals surface area contributed by atoms with Gasteiger partial charge in [-0.15, -0.1) is 0 Å². The Morgan fingerprint density at radius 2 is 1.50 bits per heavy atom. The van der Waals surface area contributed by atoms with E-state index in [1.807, 2.05) is 0 Å². The molecular weight excluding hydrogens is 144 g/mol. The number of hydrogen-bond donors (Lipinski definition) is 0. The molecule has 0 spiro atoms. The minimum absolute atomic E-state index is 0.825. The Morgan fingerprint density at radius 3 is 1.83 bits per heavy atom. The van der Waals surface area contributed by atoms with Crippen LogP contribution in [0.5, 0.6) is 0 Å². The predicted molar refractivity (Wildman–Crippen MR) is 57.1 cm³/mol. The van der Waals surface area contributed by atoms with Crippen molar-refractivity contribution in [2.75, 3.05) is 0 Å². The second-order valence-electron chi connectivity index (χ2n) is 4.24. The summed E-state index contributed by atoms with van der Waals surface area (Å²) >= 11 is 0. The smallest absolute Gasteiger partial charge is 0.0275 e. The molecule has 0 aliphatic heterocycles. The molecule has 1 radical (unpaired) electrons. The molecule has 0 amide bonds. The van der Waals surface area contributed by atoms with Gasteiger partial charge in [0.15, 0.2) is 0 Å². The third kappa shape index (κ3) is 4.79. The lowest BCUT2D eigenvalue weighted by Crippen LogP contribution is -2.05. The highest BCUT2D eigenvalue weighted by molar-refractivity contribution is 4.83. The quantitative estimate of drug-likeness (QED) is 0.551. The molecule has 0 saturated carbocycles. The summed E-state index contributed by atoms with van der Waals surface area (Å²) in [6.45, 7) is 11.5. The van der Waals surface area contributed by atoms with Gasteiger partial charge in [-0.05, 0) is 24.2 Å². The SMILES string of the molecule is CCC(CC)CCC(C)[C](C)C. The molecule has 0 nitrogen and oxygen atoms in total. The van der Waals surface area contributed by atoms with Gasteiger partial charge in [0, 0.05) is 0 Å². The van der Waals surface area contributed by atoms with E-state index in [1.54, 1.807) is 5.92 Å². The van der Waals surface area contributed by atoms with Crippen LogP contribution in [0.2, 0.25) is 0 Å². The zero-order valence-electron chi connectivity index (χ0n) is 9.48. The third-order valence-corrected chi connectivity index (χ3v) is 3.15. The summed E-state index contributed by atoms with van der Waals surface area (Å²) in [6.07, 6.45) is 5.51. The van der Waals surface area contributed by atoms with Crippen molar-refractivity contribution in [3.8, 4) is 0 Å². The standard InChI is InChI=1S/C12H25/c1-6-12(7-2)9-8-11(5)10(3)4/h11-12H,6-9H2,1-5H3. The van der Waals surface area contributed by atoms with Crippen molar-refractivity contribution in [3.05, 3.63) is 5.92 Å². The molecule has 0 aromatic carbocycles. The second-order valence-corrected chi connectivity index (χ2v) is 4.24. The maximum atomic E-state index is 2.34. The van der Waals surface area contributed by atoms with Gasteiger partial charge in [-0.3, -0.25) is 0 Å². The highest BCUT2D eigenvalue weighted by atomic mass is 14.2. The highest BCUT2D eigenvalue weighted by Gasteiger charge is 2.10. The second kappa shape index (κ2) is 6.51. The molecule has 0 rings (SSSR count). The average molecular weight is 169 g/mol. The lowest BCUT2D eigenvalue weighted by molar-refractivity contribution is 0.397. The third-order valence-electron chi connectivity index (χ3n) is 3.15. The van der Waals surface area contributed by atoms with Crippen LogP contribution in [0.4, 0.5) is 0 Å². The lowest BCUT2D eigenvalue weighted by Gasteiger charge is -2.18. The molecule has 0 heterocycles. The van der Waals surface area contributed by atoms with Gasteiger partial charge in [0.2, 0.25) is 0 Å². The van der Waals surface area contributed by atoms with E-state index in [-0.39, 0.29) is 0 Å². The maximum absolute atomic E-state index is 2.34. The van der Waals surface area contributed by atoms with Gasteiger partial charge in [0.05, 0.1) is 0 Å². The van der Waals surface area contributed by atoms with Crippen LogP contribution in [0.1, 0.15) is 60.3 Å². The van der Waals surface area contributed by atoms with Crippen molar-refractivity contribution >= 4 is 0 Å². The molecule has 0 saturated heterocycles. The van der Waals surface area contributed by atoms with Crippen LogP contribution in [0.15, 0.2) is 0 Å². The maximum Gasteiger partial charge on any atom is -0.0275 e. The Morgan fingerprint density at radius 1 is 1.00 bits per heavy atom. The van der Waals surface area contributed by atoms with Crippen molar-refractivity contribution in [2.24, 2.45) is 11.8 Å². The largest absolute Gasteiger partial charge is 0.0651 e. The first-order valence-electron chi connectivity index (χ1n) is 5.41. The first-order chi connectivity index (χ1) is 5.61. The monoisotopic (exact) mass is 169 g/mol. The van der Waals surface area contributed by atoms with Crippen LogP contribution in [0.25, 0.3) is 0 Å². The van der Waals surface area contributed by atoms with E-state index in [9.17, 15) is 0 Å². The van der Waals surface area contributed by atoms with Crippen LogP contribution in [-0.2, 0) is 0 Å². The molecule has 0 aliphatic carbocycles. The van der Waals surface area contributed by atoms with Crippen LogP contribution in [0, 0.1) is 17.8 Å². The van der Waals surface area contributed by atoms with Crippen molar-refractivity contribution in [1.82, 2.24) is 0 Å². The Labute approximate surface area is 78.8 Å². The molecule has 0 aromatic heterocycles. The minimum Gasteiger partial charge on any atom is -0.0651 e. The first-order valence-corrected chi connectivity index (χ1v) is 5.41. The van der Waals surface area contributed by atoms with Gasteiger partial charge < -0.3 is 0 Å². The number of rotatable bonds is 6. The zero-order chi connectivity index (χ0) is 9.56. The van der Waals surface area contributed by atoms with Crippen LogP contribution < -0.4 is 0 Å². The molecule has 0 aromatic rings. The first kappa shape index (κ1) is 12.0. The van der Waals surface area contributed by atoms with Gasteiger partial charge in [-0.25, -0.2) is 0 Å². The molecule has 0 fully saturated rings. The van der Waals surface area contributed by atoms with E-state index < -0.39 is 0 Å². The normalized spacial score (nSPS) is 14.2. The Balaban J connectivity index is 3.51.